The first-order valence-electron chi connectivity index (χ1n) is 14.3. The van der Waals surface area contributed by atoms with Crippen molar-refractivity contribution in [2.24, 2.45) is 0 Å². The van der Waals surface area contributed by atoms with Gasteiger partial charge < -0.3 is 23.7 Å². The first-order valence-corrected chi connectivity index (χ1v) is 14.3. The standard InChI is InChI=1S/C35H40O8/c1-22(2)32(36)40-17-9-7-11-25-19-27(12-8-10-18-41-33(37)23(3)4)29-21-30(35(39)43-31(29)20-25)26-13-15-28(16-14-26)42-34(38)24(5)6/h13-16,19-21,33,37H,1,3,5,7-12,17-18H2,2,4,6H3. The van der Waals surface area contributed by atoms with Crippen LogP contribution in [0.4, 0.5) is 0 Å². The molecule has 228 valence electrons. The Labute approximate surface area is 252 Å². The number of esters is 2. The number of aryl methyl sites for hydroxylation is 2. The SMILES string of the molecule is C=C(C)C(=O)OCCCCc1cc(CCCCOC(O)C(=C)C)c2cc(-c3ccc(OC(=O)C(=C)C)cc3)c(=O)oc2c1. The molecular weight excluding hydrogens is 548 g/mol. The largest absolute Gasteiger partial charge is 0.462 e. The van der Waals surface area contributed by atoms with E-state index in [1.807, 2.05) is 12.1 Å². The van der Waals surface area contributed by atoms with E-state index < -0.39 is 23.9 Å². The zero-order valence-corrected chi connectivity index (χ0v) is 25.2. The summed E-state index contributed by atoms with van der Waals surface area (Å²) in [5, 5.41) is 10.7. The van der Waals surface area contributed by atoms with Crippen LogP contribution in [0.2, 0.25) is 0 Å². The Balaban J connectivity index is 1.83. The Bertz CT molecular complexity index is 1540. The van der Waals surface area contributed by atoms with Crippen LogP contribution in [0.15, 0.2) is 88.1 Å². The van der Waals surface area contributed by atoms with E-state index in [0.717, 1.165) is 42.2 Å². The molecule has 3 aromatic rings. The summed E-state index contributed by atoms with van der Waals surface area (Å²) in [5.74, 6) is -0.570. The van der Waals surface area contributed by atoms with Crippen molar-refractivity contribution in [3.63, 3.8) is 0 Å². The number of unbranched alkanes of at least 4 members (excludes halogenated alkanes) is 2. The Hall–Kier alpha value is -4.27. The highest BCUT2D eigenvalue weighted by Gasteiger charge is 2.14. The normalized spacial score (nSPS) is 11.6. The highest BCUT2D eigenvalue weighted by molar-refractivity contribution is 5.89. The summed E-state index contributed by atoms with van der Waals surface area (Å²) < 4.78 is 21.7. The van der Waals surface area contributed by atoms with Gasteiger partial charge in [-0.2, -0.15) is 0 Å². The van der Waals surface area contributed by atoms with E-state index in [0.29, 0.717) is 59.7 Å². The van der Waals surface area contributed by atoms with Gasteiger partial charge in [0.2, 0.25) is 0 Å². The molecule has 0 fully saturated rings. The third kappa shape index (κ3) is 9.91. The molecule has 1 heterocycles. The van der Waals surface area contributed by atoms with Gasteiger partial charge in [-0.25, -0.2) is 14.4 Å². The Morgan fingerprint density at radius 1 is 0.860 bits per heavy atom. The van der Waals surface area contributed by atoms with Gasteiger partial charge in [0, 0.05) is 16.5 Å². The number of aliphatic hydroxyl groups excluding tert-OH is 1. The number of hydrogen-bond donors (Lipinski definition) is 1. The van der Waals surface area contributed by atoms with Crippen LogP contribution in [-0.4, -0.2) is 36.5 Å². The second kappa shape index (κ2) is 15.8. The van der Waals surface area contributed by atoms with E-state index >= 15 is 0 Å². The number of carbonyl (C=O) groups excluding carboxylic acids is 2. The lowest BCUT2D eigenvalue weighted by Crippen LogP contribution is -2.13. The first-order chi connectivity index (χ1) is 20.5. The van der Waals surface area contributed by atoms with Crippen molar-refractivity contribution in [3.05, 3.63) is 100 Å². The van der Waals surface area contributed by atoms with Gasteiger partial charge >= 0.3 is 17.6 Å². The molecule has 8 nitrogen and oxygen atoms in total. The molecule has 0 amide bonds. The summed E-state index contributed by atoms with van der Waals surface area (Å²) in [6.45, 7) is 16.5. The summed E-state index contributed by atoms with van der Waals surface area (Å²) in [6, 6.07) is 12.5. The summed E-state index contributed by atoms with van der Waals surface area (Å²) in [4.78, 5) is 36.5. The molecule has 0 spiro atoms. The molecule has 8 heteroatoms. The quantitative estimate of drug-likeness (QED) is 0.0378. The van der Waals surface area contributed by atoms with Crippen LogP contribution in [-0.2, 0) is 31.9 Å². The Morgan fingerprint density at radius 2 is 1.51 bits per heavy atom. The van der Waals surface area contributed by atoms with Crippen molar-refractivity contribution in [1.29, 1.82) is 0 Å². The maximum Gasteiger partial charge on any atom is 0.344 e. The van der Waals surface area contributed by atoms with E-state index in [2.05, 4.69) is 25.8 Å². The zero-order valence-electron chi connectivity index (χ0n) is 25.2. The van der Waals surface area contributed by atoms with Gasteiger partial charge in [-0.05, 0) is 106 Å². The van der Waals surface area contributed by atoms with Crippen LogP contribution in [0.1, 0.15) is 57.6 Å². The number of aliphatic hydroxyl groups is 1. The van der Waals surface area contributed by atoms with Crippen LogP contribution >= 0.6 is 0 Å². The zero-order chi connectivity index (χ0) is 31.5. The van der Waals surface area contributed by atoms with Crippen molar-refractivity contribution in [2.45, 2.75) is 65.6 Å². The van der Waals surface area contributed by atoms with Crippen molar-refractivity contribution in [3.8, 4) is 16.9 Å². The number of carbonyl (C=O) groups is 2. The molecule has 0 saturated carbocycles. The third-order valence-electron chi connectivity index (χ3n) is 6.70. The molecule has 0 bridgehead atoms. The molecule has 43 heavy (non-hydrogen) atoms. The molecule has 1 aromatic heterocycles. The lowest BCUT2D eigenvalue weighted by Gasteiger charge is -2.13. The van der Waals surface area contributed by atoms with Crippen LogP contribution in [0.5, 0.6) is 5.75 Å². The second-order valence-electron chi connectivity index (χ2n) is 10.7. The smallest absolute Gasteiger partial charge is 0.344 e. The van der Waals surface area contributed by atoms with Crippen molar-refractivity contribution >= 4 is 22.9 Å². The van der Waals surface area contributed by atoms with Crippen LogP contribution in [0.25, 0.3) is 22.1 Å². The second-order valence-corrected chi connectivity index (χ2v) is 10.7. The molecular formula is C35H40O8. The number of hydrogen-bond acceptors (Lipinski definition) is 8. The van der Waals surface area contributed by atoms with Crippen molar-refractivity contribution < 1.29 is 33.3 Å². The lowest BCUT2D eigenvalue weighted by atomic mass is 9.96. The van der Waals surface area contributed by atoms with Gasteiger partial charge in [-0.1, -0.05) is 37.9 Å². The van der Waals surface area contributed by atoms with E-state index in [1.54, 1.807) is 45.0 Å². The Morgan fingerprint density at radius 3 is 2.16 bits per heavy atom. The van der Waals surface area contributed by atoms with Gasteiger partial charge in [0.05, 0.1) is 18.8 Å². The van der Waals surface area contributed by atoms with Gasteiger partial charge in [0.15, 0.2) is 6.29 Å². The lowest BCUT2D eigenvalue weighted by molar-refractivity contribution is -0.139. The molecule has 1 atom stereocenters. The highest BCUT2D eigenvalue weighted by Crippen LogP contribution is 2.28. The van der Waals surface area contributed by atoms with Crippen LogP contribution < -0.4 is 10.4 Å². The molecule has 2 aromatic carbocycles. The minimum Gasteiger partial charge on any atom is -0.462 e. The molecule has 1 N–H and O–H groups in total. The Kier molecular flexibility index (Phi) is 12.2. The number of ether oxygens (including phenoxy) is 3. The average Bonchev–Trinajstić information content (AvgIpc) is 2.96. The van der Waals surface area contributed by atoms with Crippen molar-refractivity contribution in [1.82, 2.24) is 0 Å². The molecule has 0 aliphatic carbocycles. The average molecular weight is 589 g/mol. The van der Waals surface area contributed by atoms with E-state index in [4.69, 9.17) is 18.6 Å². The van der Waals surface area contributed by atoms with Gasteiger partial charge in [-0.15, -0.1) is 0 Å². The number of benzene rings is 2. The minimum atomic E-state index is -0.980. The van der Waals surface area contributed by atoms with Gasteiger partial charge in [0.25, 0.3) is 0 Å². The minimum absolute atomic E-state index is 0.288. The molecule has 0 aliphatic heterocycles. The molecule has 0 radical (unpaired) electrons. The topological polar surface area (TPSA) is 112 Å². The monoisotopic (exact) mass is 588 g/mol. The van der Waals surface area contributed by atoms with Crippen LogP contribution in [0, 0.1) is 0 Å². The predicted molar refractivity (Wildman–Crippen MR) is 167 cm³/mol. The summed E-state index contributed by atoms with van der Waals surface area (Å²) >= 11 is 0. The molecule has 3 rings (SSSR count). The molecule has 0 saturated heterocycles. The van der Waals surface area contributed by atoms with Crippen molar-refractivity contribution in [2.75, 3.05) is 13.2 Å². The summed E-state index contributed by atoms with van der Waals surface area (Å²) in [7, 11) is 0. The molecule has 0 aliphatic rings. The molecule has 1 unspecified atom stereocenters. The van der Waals surface area contributed by atoms with Gasteiger partial charge in [-0.3, -0.25) is 0 Å². The predicted octanol–water partition coefficient (Wildman–Crippen LogP) is 6.62. The number of rotatable bonds is 16. The summed E-state index contributed by atoms with van der Waals surface area (Å²) in [5.41, 5.74) is 4.30. The van der Waals surface area contributed by atoms with E-state index in [9.17, 15) is 19.5 Å². The highest BCUT2D eigenvalue weighted by atomic mass is 16.6. The van der Waals surface area contributed by atoms with Gasteiger partial charge in [0.1, 0.15) is 11.3 Å². The van der Waals surface area contributed by atoms with Crippen LogP contribution in [0.3, 0.4) is 0 Å². The third-order valence-corrected chi connectivity index (χ3v) is 6.70. The fraction of sp³-hybridized carbons (Fsp3) is 0.343. The fourth-order valence-electron chi connectivity index (χ4n) is 4.28. The fourth-order valence-corrected chi connectivity index (χ4v) is 4.28. The maximum absolute atomic E-state index is 13.1. The van der Waals surface area contributed by atoms with E-state index in [-0.39, 0.29) is 5.57 Å². The maximum atomic E-state index is 13.1. The number of fused-ring (bicyclic) bond motifs is 1. The summed E-state index contributed by atoms with van der Waals surface area (Å²) in [6.07, 6.45) is 3.42. The first kappa shape index (κ1) is 33.2. The van der Waals surface area contributed by atoms with E-state index in [1.165, 1.54) is 0 Å².